The third-order valence-electron chi connectivity index (χ3n) is 4.27. The fourth-order valence-electron chi connectivity index (χ4n) is 2.76. The molecule has 1 saturated carbocycles. The summed E-state index contributed by atoms with van der Waals surface area (Å²) in [4.78, 5) is 16.1. The van der Waals surface area contributed by atoms with Crippen LogP contribution >= 0.6 is 0 Å². The molecule has 2 aliphatic rings. The number of ether oxygens (including phenoxy) is 2. The highest BCUT2D eigenvalue weighted by molar-refractivity contribution is 5.68. The summed E-state index contributed by atoms with van der Waals surface area (Å²) >= 11 is 0. The van der Waals surface area contributed by atoms with Crippen LogP contribution in [0.25, 0.3) is 0 Å². The number of amides is 1. The summed E-state index contributed by atoms with van der Waals surface area (Å²) in [6.45, 7) is 11.8. The van der Waals surface area contributed by atoms with Crippen LogP contribution in [-0.4, -0.2) is 80.0 Å². The van der Waals surface area contributed by atoms with E-state index >= 15 is 0 Å². The van der Waals surface area contributed by atoms with E-state index in [1.807, 2.05) is 27.8 Å². The lowest BCUT2D eigenvalue weighted by molar-refractivity contribution is -0.0555. The zero-order valence-corrected chi connectivity index (χ0v) is 14.4. The molecule has 0 unspecified atom stereocenters. The Balaban J connectivity index is 1.57. The smallest absolute Gasteiger partial charge is 0.410 e. The van der Waals surface area contributed by atoms with Crippen molar-refractivity contribution in [3.05, 3.63) is 0 Å². The first-order valence-electron chi connectivity index (χ1n) is 8.35. The predicted molar refractivity (Wildman–Crippen MR) is 86.1 cm³/mol. The average molecular weight is 313 g/mol. The van der Waals surface area contributed by atoms with Crippen LogP contribution in [0.2, 0.25) is 0 Å². The van der Waals surface area contributed by atoms with Gasteiger partial charge in [0.1, 0.15) is 5.60 Å². The highest BCUT2D eigenvalue weighted by atomic mass is 16.6. The molecule has 6 nitrogen and oxygen atoms in total. The van der Waals surface area contributed by atoms with Gasteiger partial charge in [0.25, 0.3) is 0 Å². The first kappa shape index (κ1) is 17.5. The molecule has 1 N–H and O–H groups in total. The molecule has 1 aliphatic heterocycles. The van der Waals surface area contributed by atoms with Gasteiger partial charge < -0.3 is 19.7 Å². The van der Waals surface area contributed by atoms with Gasteiger partial charge in [-0.2, -0.15) is 0 Å². The van der Waals surface area contributed by atoms with Crippen molar-refractivity contribution in [2.24, 2.45) is 0 Å². The molecule has 0 aromatic heterocycles. The third-order valence-corrected chi connectivity index (χ3v) is 4.27. The fourth-order valence-corrected chi connectivity index (χ4v) is 2.76. The molecule has 0 aromatic carbocycles. The van der Waals surface area contributed by atoms with Crippen LogP contribution in [0.1, 0.15) is 33.6 Å². The lowest BCUT2D eigenvalue weighted by Gasteiger charge is -2.41. The van der Waals surface area contributed by atoms with Gasteiger partial charge in [-0.25, -0.2) is 4.79 Å². The molecular formula is C16H31N3O3. The van der Waals surface area contributed by atoms with Crippen LogP contribution < -0.4 is 5.32 Å². The van der Waals surface area contributed by atoms with E-state index in [2.05, 4.69) is 10.2 Å². The predicted octanol–water partition coefficient (Wildman–Crippen LogP) is 1.31. The topological polar surface area (TPSA) is 54.0 Å². The molecule has 1 saturated heterocycles. The van der Waals surface area contributed by atoms with Crippen molar-refractivity contribution in [1.29, 1.82) is 0 Å². The molecule has 128 valence electrons. The maximum atomic E-state index is 12.0. The summed E-state index contributed by atoms with van der Waals surface area (Å²) in [6.07, 6.45) is 1.88. The number of carbonyl (C=O) groups is 1. The molecule has 0 bridgehead atoms. The minimum Gasteiger partial charge on any atom is -0.444 e. The average Bonchev–Trinajstić information content (AvgIpc) is 2.40. The van der Waals surface area contributed by atoms with E-state index in [9.17, 15) is 4.79 Å². The zero-order chi connectivity index (χ0) is 16.2. The van der Waals surface area contributed by atoms with Crippen LogP contribution in [0.4, 0.5) is 4.79 Å². The minimum atomic E-state index is -0.436. The second kappa shape index (κ2) is 7.62. The van der Waals surface area contributed by atoms with Gasteiger partial charge in [-0.3, -0.25) is 4.90 Å². The summed E-state index contributed by atoms with van der Waals surface area (Å²) < 4.78 is 11.3. The SMILES string of the molecule is CN(C(=O)OC(C)(C)C)C1CC(OCCN2CCNCC2)C1. The van der Waals surface area contributed by atoms with Crippen molar-refractivity contribution < 1.29 is 14.3 Å². The van der Waals surface area contributed by atoms with E-state index < -0.39 is 5.60 Å². The number of nitrogens with one attached hydrogen (secondary N) is 1. The second-order valence-corrected chi connectivity index (χ2v) is 7.30. The van der Waals surface area contributed by atoms with E-state index in [4.69, 9.17) is 9.47 Å². The molecule has 0 aromatic rings. The van der Waals surface area contributed by atoms with Crippen LogP contribution in [0, 0.1) is 0 Å². The number of carbonyl (C=O) groups excluding carboxylic acids is 1. The molecular weight excluding hydrogens is 282 g/mol. The standard InChI is InChI=1S/C16H31N3O3/c1-16(2,3)22-15(20)18(4)13-11-14(12-13)21-10-9-19-7-5-17-6-8-19/h13-14,17H,5-12H2,1-4H3. The van der Waals surface area contributed by atoms with Crippen molar-refractivity contribution in [1.82, 2.24) is 15.1 Å². The molecule has 1 heterocycles. The van der Waals surface area contributed by atoms with Crippen LogP contribution in [-0.2, 0) is 9.47 Å². The molecule has 0 spiro atoms. The summed E-state index contributed by atoms with van der Waals surface area (Å²) in [5.41, 5.74) is -0.436. The highest BCUT2D eigenvalue weighted by Crippen LogP contribution is 2.28. The molecule has 22 heavy (non-hydrogen) atoms. The van der Waals surface area contributed by atoms with Crippen molar-refractivity contribution >= 4 is 6.09 Å². The Bertz CT molecular complexity index is 358. The second-order valence-electron chi connectivity index (χ2n) is 7.30. The van der Waals surface area contributed by atoms with Crippen LogP contribution in [0.3, 0.4) is 0 Å². The van der Waals surface area contributed by atoms with Gasteiger partial charge in [-0.05, 0) is 33.6 Å². The number of hydrogen-bond donors (Lipinski definition) is 1. The Morgan fingerprint density at radius 3 is 2.50 bits per heavy atom. The molecule has 1 aliphatic carbocycles. The summed E-state index contributed by atoms with van der Waals surface area (Å²) in [5.74, 6) is 0. The number of nitrogens with zero attached hydrogens (tertiary/aromatic N) is 2. The lowest BCUT2D eigenvalue weighted by Crippen LogP contribution is -2.50. The summed E-state index contributed by atoms with van der Waals surface area (Å²) in [7, 11) is 1.82. The van der Waals surface area contributed by atoms with E-state index in [0.29, 0.717) is 0 Å². The monoisotopic (exact) mass is 313 g/mol. The van der Waals surface area contributed by atoms with Gasteiger partial charge in [0.2, 0.25) is 0 Å². The molecule has 2 rings (SSSR count). The zero-order valence-electron chi connectivity index (χ0n) is 14.4. The first-order valence-corrected chi connectivity index (χ1v) is 8.35. The Hall–Kier alpha value is -0.850. The molecule has 6 heteroatoms. The van der Waals surface area contributed by atoms with E-state index in [1.165, 1.54) is 0 Å². The van der Waals surface area contributed by atoms with Gasteiger partial charge in [0.15, 0.2) is 0 Å². The van der Waals surface area contributed by atoms with E-state index in [-0.39, 0.29) is 18.2 Å². The van der Waals surface area contributed by atoms with Crippen LogP contribution in [0.5, 0.6) is 0 Å². The normalized spacial score (nSPS) is 26.4. The third kappa shape index (κ3) is 5.41. The molecule has 0 atom stereocenters. The Kier molecular flexibility index (Phi) is 6.06. The van der Waals surface area contributed by atoms with Crippen molar-refractivity contribution in [3.8, 4) is 0 Å². The Morgan fingerprint density at radius 2 is 1.91 bits per heavy atom. The fraction of sp³-hybridized carbons (Fsp3) is 0.938. The van der Waals surface area contributed by atoms with E-state index in [0.717, 1.165) is 52.2 Å². The molecule has 0 radical (unpaired) electrons. The van der Waals surface area contributed by atoms with Gasteiger partial charge in [0.05, 0.1) is 12.7 Å². The quantitative estimate of drug-likeness (QED) is 0.829. The maximum Gasteiger partial charge on any atom is 0.410 e. The maximum absolute atomic E-state index is 12.0. The molecule has 2 fully saturated rings. The van der Waals surface area contributed by atoms with Gasteiger partial charge >= 0.3 is 6.09 Å². The first-order chi connectivity index (χ1) is 10.3. The Labute approximate surface area is 134 Å². The highest BCUT2D eigenvalue weighted by Gasteiger charge is 2.36. The largest absolute Gasteiger partial charge is 0.444 e. The molecule has 1 amide bonds. The van der Waals surface area contributed by atoms with Crippen molar-refractivity contribution in [3.63, 3.8) is 0 Å². The number of piperazine rings is 1. The number of hydrogen-bond acceptors (Lipinski definition) is 5. The van der Waals surface area contributed by atoms with E-state index in [1.54, 1.807) is 4.90 Å². The van der Waals surface area contributed by atoms with Crippen molar-refractivity contribution in [2.45, 2.75) is 51.4 Å². The van der Waals surface area contributed by atoms with Gasteiger partial charge in [0, 0.05) is 45.8 Å². The van der Waals surface area contributed by atoms with Crippen molar-refractivity contribution in [2.75, 3.05) is 46.4 Å². The summed E-state index contributed by atoms with van der Waals surface area (Å²) in [6, 6.07) is 0.249. The minimum absolute atomic E-state index is 0.239. The lowest BCUT2D eigenvalue weighted by atomic mass is 9.88. The van der Waals surface area contributed by atoms with Gasteiger partial charge in [-0.15, -0.1) is 0 Å². The number of rotatable bonds is 5. The van der Waals surface area contributed by atoms with Crippen LogP contribution in [0.15, 0.2) is 0 Å². The summed E-state index contributed by atoms with van der Waals surface area (Å²) in [5, 5.41) is 3.35. The Morgan fingerprint density at radius 1 is 1.27 bits per heavy atom. The van der Waals surface area contributed by atoms with Gasteiger partial charge in [-0.1, -0.05) is 0 Å².